The number of anilines is 1. The van der Waals surface area contributed by atoms with E-state index in [4.69, 9.17) is 10.8 Å². The molecule has 1 heterocycles. The largest absolute Gasteiger partial charge is 0.507 e. The van der Waals surface area contributed by atoms with Gasteiger partial charge in [0.2, 0.25) is 0 Å². The van der Waals surface area contributed by atoms with Gasteiger partial charge in [-0.25, -0.2) is 4.79 Å². The van der Waals surface area contributed by atoms with E-state index in [-0.39, 0.29) is 17.1 Å². The van der Waals surface area contributed by atoms with Crippen LogP contribution in [0.5, 0.6) is 5.75 Å². The molecule has 0 spiro atoms. The summed E-state index contributed by atoms with van der Waals surface area (Å²) >= 11 is 0. The van der Waals surface area contributed by atoms with Crippen LogP contribution in [-0.4, -0.2) is 21.2 Å². The molecule has 3 rings (SSSR count). The molecule has 5 nitrogen and oxygen atoms in total. The number of carboxylic acid groups (broad SMARTS) is 1. The number of nitrogen functional groups attached to an aromatic ring is 1. The second-order valence-electron chi connectivity index (χ2n) is 4.47. The highest BCUT2D eigenvalue weighted by Crippen LogP contribution is 2.40. The van der Waals surface area contributed by atoms with Gasteiger partial charge in [0.15, 0.2) is 0 Å². The molecule has 100 valence electrons. The highest BCUT2D eigenvalue weighted by atomic mass is 16.4. The van der Waals surface area contributed by atoms with Gasteiger partial charge >= 0.3 is 5.97 Å². The number of carbonyl (C=O) groups is 1. The Balaban J connectivity index is 2.42. The lowest BCUT2D eigenvalue weighted by Crippen LogP contribution is -2.00. The zero-order chi connectivity index (χ0) is 14.3. The van der Waals surface area contributed by atoms with E-state index in [0.717, 1.165) is 5.56 Å². The Morgan fingerprint density at radius 3 is 2.45 bits per heavy atom. The van der Waals surface area contributed by atoms with Crippen molar-refractivity contribution >= 4 is 22.6 Å². The van der Waals surface area contributed by atoms with E-state index in [1.165, 1.54) is 6.07 Å². The van der Waals surface area contributed by atoms with Crippen molar-refractivity contribution in [1.29, 1.82) is 0 Å². The molecule has 5 N–H and O–H groups in total. The van der Waals surface area contributed by atoms with Crippen molar-refractivity contribution in [1.82, 2.24) is 4.98 Å². The van der Waals surface area contributed by atoms with Crippen LogP contribution in [-0.2, 0) is 0 Å². The molecule has 0 amide bonds. The number of rotatable bonds is 2. The van der Waals surface area contributed by atoms with Crippen molar-refractivity contribution in [3.8, 4) is 16.9 Å². The number of aromatic amines is 1. The highest BCUT2D eigenvalue weighted by Gasteiger charge is 2.19. The van der Waals surface area contributed by atoms with E-state index < -0.39 is 5.97 Å². The maximum atomic E-state index is 11.2. The van der Waals surface area contributed by atoms with Crippen LogP contribution in [0.4, 0.5) is 5.69 Å². The maximum Gasteiger partial charge on any atom is 0.354 e. The zero-order valence-corrected chi connectivity index (χ0v) is 10.4. The Morgan fingerprint density at radius 2 is 1.80 bits per heavy atom. The Kier molecular flexibility index (Phi) is 2.61. The lowest BCUT2D eigenvalue weighted by Gasteiger charge is -2.07. The van der Waals surface area contributed by atoms with E-state index in [9.17, 15) is 9.90 Å². The van der Waals surface area contributed by atoms with Crippen LogP contribution in [0.2, 0.25) is 0 Å². The summed E-state index contributed by atoms with van der Waals surface area (Å²) in [5.74, 6) is -1.07. The van der Waals surface area contributed by atoms with Crippen LogP contribution in [0.3, 0.4) is 0 Å². The predicted molar refractivity (Wildman–Crippen MR) is 76.8 cm³/mol. The van der Waals surface area contributed by atoms with Gasteiger partial charge in [-0.2, -0.15) is 0 Å². The average Bonchev–Trinajstić information content (AvgIpc) is 2.78. The van der Waals surface area contributed by atoms with Crippen molar-refractivity contribution in [3.05, 3.63) is 48.2 Å². The van der Waals surface area contributed by atoms with Gasteiger partial charge in [0.25, 0.3) is 0 Å². The average molecular weight is 268 g/mol. The van der Waals surface area contributed by atoms with Crippen LogP contribution in [0.15, 0.2) is 42.5 Å². The number of hydrogen-bond donors (Lipinski definition) is 4. The van der Waals surface area contributed by atoms with Crippen molar-refractivity contribution in [2.24, 2.45) is 0 Å². The summed E-state index contributed by atoms with van der Waals surface area (Å²) in [6, 6.07) is 12.3. The first kappa shape index (κ1) is 12.1. The molecule has 20 heavy (non-hydrogen) atoms. The molecule has 0 fully saturated rings. The topological polar surface area (TPSA) is 99.3 Å². The third kappa shape index (κ3) is 1.68. The number of benzene rings is 2. The second-order valence-corrected chi connectivity index (χ2v) is 4.47. The first-order valence-corrected chi connectivity index (χ1v) is 6.01. The van der Waals surface area contributed by atoms with E-state index in [1.54, 1.807) is 6.07 Å². The van der Waals surface area contributed by atoms with Gasteiger partial charge in [-0.05, 0) is 17.7 Å². The minimum absolute atomic E-state index is 0.0614. The van der Waals surface area contributed by atoms with Gasteiger partial charge in [0, 0.05) is 16.5 Å². The second kappa shape index (κ2) is 4.31. The quantitative estimate of drug-likeness (QED) is 0.574. The number of phenols is 1. The Hall–Kier alpha value is -2.95. The first-order chi connectivity index (χ1) is 9.59. The number of phenolic OH excluding ortho intramolecular Hbond substituents is 1. The molecule has 0 radical (unpaired) electrons. The monoisotopic (exact) mass is 268 g/mol. The summed E-state index contributed by atoms with van der Waals surface area (Å²) in [7, 11) is 0. The molecule has 1 aromatic heterocycles. The third-order valence-corrected chi connectivity index (χ3v) is 3.26. The molecule has 0 bridgehead atoms. The minimum Gasteiger partial charge on any atom is -0.507 e. The third-order valence-electron chi connectivity index (χ3n) is 3.26. The van der Waals surface area contributed by atoms with Gasteiger partial charge in [-0.3, -0.25) is 0 Å². The number of carboxylic acids is 1. The molecule has 2 aromatic carbocycles. The van der Waals surface area contributed by atoms with E-state index in [2.05, 4.69) is 4.98 Å². The van der Waals surface area contributed by atoms with Crippen molar-refractivity contribution < 1.29 is 15.0 Å². The molecule has 0 unspecified atom stereocenters. The van der Waals surface area contributed by atoms with Crippen molar-refractivity contribution in [2.75, 3.05) is 5.73 Å². The molecule has 5 heteroatoms. The standard InChI is InChI=1S/C15H12N2O3/c16-13-12-9(17-14(13)15(19)20)6-7-10(18)11(12)8-4-2-1-3-5-8/h1-7,17-18H,16H2,(H,19,20). The summed E-state index contributed by atoms with van der Waals surface area (Å²) < 4.78 is 0. The van der Waals surface area contributed by atoms with E-state index >= 15 is 0 Å². The van der Waals surface area contributed by atoms with Crippen LogP contribution in [0, 0.1) is 0 Å². The molecule has 0 aliphatic carbocycles. The number of nitrogens with one attached hydrogen (secondary N) is 1. The molecule has 0 saturated carbocycles. The predicted octanol–water partition coefficient (Wildman–Crippen LogP) is 2.82. The lowest BCUT2D eigenvalue weighted by atomic mass is 9.99. The number of hydrogen-bond acceptors (Lipinski definition) is 3. The minimum atomic E-state index is -1.13. The summed E-state index contributed by atoms with van der Waals surface area (Å²) in [5.41, 5.74) is 7.87. The normalized spacial score (nSPS) is 10.8. The van der Waals surface area contributed by atoms with Gasteiger partial charge in [-0.1, -0.05) is 30.3 Å². The van der Waals surface area contributed by atoms with E-state index in [1.807, 2.05) is 30.3 Å². The molecule has 0 saturated heterocycles. The Bertz CT molecular complexity index is 807. The van der Waals surface area contributed by atoms with Gasteiger partial charge in [0.1, 0.15) is 11.4 Å². The fourth-order valence-corrected chi connectivity index (χ4v) is 2.37. The number of fused-ring (bicyclic) bond motifs is 1. The molecule has 3 aromatic rings. The molecular formula is C15H12N2O3. The fraction of sp³-hybridized carbons (Fsp3) is 0. The van der Waals surface area contributed by atoms with Crippen LogP contribution >= 0.6 is 0 Å². The number of nitrogens with two attached hydrogens (primary N) is 1. The Labute approximate surface area is 114 Å². The van der Waals surface area contributed by atoms with E-state index in [0.29, 0.717) is 16.5 Å². The fourth-order valence-electron chi connectivity index (χ4n) is 2.37. The van der Waals surface area contributed by atoms with Gasteiger partial charge < -0.3 is 20.9 Å². The molecule has 0 aliphatic rings. The molecular weight excluding hydrogens is 256 g/mol. The number of H-pyrrole nitrogens is 1. The van der Waals surface area contributed by atoms with Crippen LogP contribution in [0.1, 0.15) is 10.5 Å². The summed E-state index contributed by atoms with van der Waals surface area (Å²) in [6.45, 7) is 0. The maximum absolute atomic E-state index is 11.2. The smallest absolute Gasteiger partial charge is 0.354 e. The van der Waals surface area contributed by atoms with Gasteiger partial charge in [-0.15, -0.1) is 0 Å². The Morgan fingerprint density at radius 1 is 1.10 bits per heavy atom. The summed E-state index contributed by atoms with van der Waals surface area (Å²) in [4.78, 5) is 13.9. The number of aromatic nitrogens is 1. The number of aromatic carboxylic acids is 1. The number of aromatic hydroxyl groups is 1. The summed E-state index contributed by atoms with van der Waals surface area (Å²) in [5, 5.41) is 19.8. The molecule has 0 aliphatic heterocycles. The van der Waals surface area contributed by atoms with Crippen LogP contribution < -0.4 is 5.73 Å². The van der Waals surface area contributed by atoms with Crippen molar-refractivity contribution in [2.45, 2.75) is 0 Å². The lowest BCUT2D eigenvalue weighted by molar-refractivity contribution is 0.0692. The van der Waals surface area contributed by atoms with Gasteiger partial charge in [0.05, 0.1) is 5.69 Å². The van der Waals surface area contributed by atoms with Crippen molar-refractivity contribution in [3.63, 3.8) is 0 Å². The SMILES string of the molecule is Nc1c(C(=O)O)[nH]c2ccc(O)c(-c3ccccc3)c12. The summed E-state index contributed by atoms with van der Waals surface area (Å²) in [6.07, 6.45) is 0. The van der Waals surface area contributed by atoms with Crippen LogP contribution in [0.25, 0.3) is 22.0 Å². The molecule has 0 atom stereocenters. The first-order valence-electron chi connectivity index (χ1n) is 6.01. The highest BCUT2D eigenvalue weighted by molar-refractivity contribution is 6.12. The zero-order valence-electron chi connectivity index (χ0n) is 10.4.